The van der Waals surface area contributed by atoms with Gasteiger partial charge in [0.25, 0.3) is 0 Å². The normalized spacial score (nSPS) is 23.2. The summed E-state index contributed by atoms with van der Waals surface area (Å²) in [6, 6.07) is -0.00528. The Bertz CT molecular complexity index is 599. The zero-order valence-corrected chi connectivity index (χ0v) is 15.4. The average Bonchev–Trinajstić information content (AvgIpc) is 3.04. The molecule has 3 rings (SSSR count). The molecule has 6 nitrogen and oxygen atoms in total. The third-order valence-corrected chi connectivity index (χ3v) is 5.36. The van der Waals surface area contributed by atoms with Crippen LogP contribution in [0.2, 0.25) is 0 Å². The van der Waals surface area contributed by atoms with Crippen molar-refractivity contribution in [2.45, 2.75) is 69.6 Å². The van der Waals surface area contributed by atoms with Crippen LogP contribution in [-0.2, 0) is 11.3 Å². The van der Waals surface area contributed by atoms with Gasteiger partial charge in [-0.05, 0) is 39.8 Å². The van der Waals surface area contributed by atoms with Gasteiger partial charge in [-0.15, -0.1) is 0 Å². The van der Waals surface area contributed by atoms with E-state index in [0.29, 0.717) is 0 Å². The topological polar surface area (TPSA) is 69.6 Å². The highest BCUT2D eigenvalue weighted by Gasteiger charge is 2.37. The van der Waals surface area contributed by atoms with E-state index >= 15 is 0 Å². The fourth-order valence-electron chi connectivity index (χ4n) is 4.13. The minimum absolute atomic E-state index is 0.00528. The van der Waals surface area contributed by atoms with Crippen molar-refractivity contribution < 1.29 is 9.90 Å². The smallest absolute Gasteiger partial charge is 0.226 e. The molecule has 1 aromatic heterocycles. The number of carbonyl (C=O) groups excluding carboxylic acids is 1. The van der Waals surface area contributed by atoms with E-state index in [1.54, 1.807) is 12.4 Å². The molecule has 1 aliphatic carbocycles. The molecule has 6 heteroatoms. The first-order chi connectivity index (χ1) is 12.0. The molecule has 0 bridgehead atoms. The molecule has 25 heavy (non-hydrogen) atoms. The van der Waals surface area contributed by atoms with Crippen LogP contribution in [0.4, 0.5) is 0 Å². The van der Waals surface area contributed by atoms with Gasteiger partial charge >= 0.3 is 0 Å². The minimum atomic E-state index is -0.805. The van der Waals surface area contributed by atoms with Crippen molar-refractivity contribution in [2.75, 3.05) is 20.6 Å². The number of aliphatic hydroxyl groups is 1. The van der Waals surface area contributed by atoms with Gasteiger partial charge in [-0.1, -0.05) is 19.3 Å². The van der Waals surface area contributed by atoms with E-state index in [1.807, 2.05) is 19.0 Å². The first kappa shape index (κ1) is 18.3. The Balaban J connectivity index is 1.70. The van der Waals surface area contributed by atoms with Crippen LogP contribution in [-0.4, -0.2) is 57.0 Å². The molecule has 1 aromatic rings. The van der Waals surface area contributed by atoms with Crippen LogP contribution in [0.15, 0.2) is 12.4 Å². The molecule has 2 heterocycles. The Kier molecular flexibility index (Phi) is 5.69. The molecular formula is C19H30N4O2. The van der Waals surface area contributed by atoms with Gasteiger partial charge < -0.3 is 14.9 Å². The Labute approximate surface area is 150 Å². The summed E-state index contributed by atoms with van der Waals surface area (Å²) in [5.74, 6) is 0.0618. The van der Waals surface area contributed by atoms with Crippen molar-refractivity contribution in [3.63, 3.8) is 0 Å². The van der Waals surface area contributed by atoms with Gasteiger partial charge in [0.2, 0.25) is 5.91 Å². The fraction of sp³-hybridized carbons (Fsp3) is 0.737. The summed E-state index contributed by atoms with van der Waals surface area (Å²) < 4.78 is 0. The average molecular weight is 346 g/mol. The summed E-state index contributed by atoms with van der Waals surface area (Å²) in [5.41, 5.74) is 0.995. The molecule has 1 amide bonds. The second-order valence-corrected chi connectivity index (χ2v) is 7.88. The number of hydrogen-bond acceptors (Lipinski definition) is 5. The molecule has 138 valence electrons. The van der Waals surface area contributed by atoms with Crippen molar-refractivity contribution in [1.82, 2.24) is 19.8 Å². The number of rotatable bonds is 5. The van der Waals surface area contributed by atoms with E-state index in [2.05, 4.69) is 9.88 Å². The first-order valence-corrected chi connectivity index (χ1v) is 9.44. The zero-order chi connectivity index (χ0) is 17.9. The van der Waals surface area contributed by atoms with Gasteiger partial charge in [-0.2, -0.15) is 0 Å². The third kappa shape index (κ3) is 4.55. The predicted octanol–water partition coefficient (Wildman–Crippen LogP) is 2.29. The van der Waals surface area contributed by atoms with Gasteiger partial charge in [0.05, 0.1) is 35.6 Å². The van der Waals surface area contributed by atoms with Gasteiger partial charge in [0.15, 0.2) is 0 Å². The quantitative estimate of drug-likeness (QED) is 0.886. The predicted molar refractivity (Wildman–Crippen MR) is 95.8 cm³/mol. The van der Waals surface area contributed by atoms with E-state index in [-0.39, 0.29) is 18.4 Å². The molecule has 2 fully saturated rings. The number of hydrogen-bond donors (Lipinski definition) is 1. The Morgan fingerprint density at radius 3 is 2.76 bits per heavy atom. The van der Waals surface area contributed by atoms with Crippen molar-refractivity contribution in [3.05, 3.63) is 23.8 Å². The van der Waals surface area contributed by atoms with Crippen LogP contribution in [0.3, 0.4) is 0 Å². The van der Waals surface area contributed by atoms with Gasteiger partial charge in [-0.3, -0.25) is 14.8 Å². The summed E-state index contributed by atoms with van der Waals surface area (Å²) in [6.07, 6.45) is 10.4. The molecule has 1 saturated heterocycles. The summed E-state index contributed by atoms with van der Waals surface area (Å²) >= 11 is 0. The second kappa shape index (κ2) is 7.79. The molecule has 0 spiro atoms. The summed E-state index contributed by atoms with van der Waals surface area (Å²) in [4.78, 5) is 25.9. The van der Waals surface area contributed by atoms with Gasteiger partial charge in [0.1, 0.15) is 0 Å². The number of amides is 1. The van der Waals surface area contributed by atoms with Crippen LogP contribution in [0.1, 0.15) is 68.8 Å². The van der Waals surface area contributed by atoms with Gasteiger partial charge in [0, 0.05) is 19.3 Å². The molecule has 1 unspecified atom stereocenters. The van der Waals surface area contributed by atoms with E-state index < -0.39 is 5.60 Å². The lowest BCUT2D eigenvalue weighted by atomic mass is 9.82. The molecule has 1 atom stereocenters. The highest BCUT2D eigenvalue weighted by Crippen LogP contribution is 2.35. The van der Waals surface area contributed by atoms with Crippen LogP contribution >= 0.6 is 0 Å². The SMILES string of the molecule is CN(C)Cc1cncc(C2CCCN2C(=O)CC2(O)CCCCC2)n1. The molecule has 1 aliphatic heterocycles. The Hall–Kier alpha value is -1.53. The van der Waals surface area contributed by atoms with E-state index in [9.17, 15) is 9.90 Å². The largest absolute Gasteiger partial charge is 0.389 e. The molecule has 0 radical (unpaired) electrons. The number of likely N-dealkylation sites (tertiary alicyclic amines) is 1. The highest BCUT2D eigenvalue weighted by atomic mass is 16.3. The number of carbonyl (C=O) groups is 1. The Morgan fingerprint density at radius 2 is 2.04 bits per heavy atom. The lowest BCUT2D eigenvalue weighted by molar-refractivity contribution is -0.138. The maximum absolute atomic E-state index is 12.9. The van der Waals surface area contributed by atoms with E-state index in [4.69, 9.17) is 4.98 Å². The standard InChI is InChI=1S/C19H30N4O2/c1-22(2)14-15-12-20-13-16(21-15)17-7-6-10-23(17)18(24)11-19(25)8-4-3-5-9-19/h12-13,17,25H,3-11,14H2,1-2H3. The number of nitrogens with zero attached hydrogens (tertiary/aromatic N) is 4. The van der Waals surface area contributed by atoms with E-state index in [1.165, 1.54) is 0 Å². The van der Waals surface area contributed by atoms with Crippen LogP contribution < -0.4 is 0 Å². The zero-order valence-electron chi connectivity index (χ0n) is 15.4. The van der Waals surface area contributed by atoms with Crippen molar-refractivity contribution in [1.29, 1.82) is 0 Å². The summed E-state index contributed by atoms with van der Waals surface area (Å²) in [5, 5.41) is 10.7. The first-order valence-electron chi connectivity index (χ1n) is 9.44. The fourth-order valence-corrected chi connectivity index (χ4v) is 4.13. The van der Waals surface area contributed by atoms with Crippen molar-refractivity contribution in [3.8, 4) is 0 Å². The summed E-state index contributed by atoms with van der Waals surface area (Å²) in [6.45, 7) is 1.49. The lowest BCUT2D eigenvalue weighted by Gasteiger charge is -2.34. The molecule has 2 aliphatic rings. The molecule has 0 aromatic carbocycles. The van der Waals surface area contributed by atoms with E-state index in [0.717, 1.165) is 69.4 Å². The van der Waals surface area contributed by atoms with Crippen molar-refractivity contribution in [2.24, 2.45) is 0 Å². The maximum Gasteiger partial charge on any atom is 0.226 e. The molecule has 1 saturated carbocycles. The molecule has 1 N–H and O–H groups in total. The van der Waals surface area contributed by atoms with Crippen molar-refractivity contribution >= 4 is 5.91 Å². The molecular weight excluding hydrogens is 316 g/mol. The highest BCUT2D eigenvalue weighted by molar-refractivity contribution is 5.78. The summed E-state index contributed by atoms with van der Waals surface area (Å²) in [7, 11) is 4.01. The second-order valence-electron chi connectivity index (χ2n) is 7.88. The lowest BCUT2D eigenvalue weighted by Crippen LogP contribution is -2.40. The monoisotopic (exact) mass is 346 g/mol. The van der Waals surface area contributed by atoms with Gasteiger partial charge in [-0.25, -0.2) is 0 Å². The third-order valence-electron chi connectivity index (χ3n) is 5.36. The Morgan fingerprint density at radius 1 is 1.28 bits per heavy atom. The van der Waals surface area contributed by atoms with Crippen LogP contribution in [0.25, 0.3) is 0 Å². The minimum Gasteiger partial charge on any atom is -0.389 e. The van der Waals surface area contributed by atoms with Crippen LogP contribution in [0, 0.1) is 0 Å². The van der Waals surface area contributed by atoms with Crippen LogP contribution in [0.5, 0.6) is 0 Å². The maximum atomic E-state index is 12.9. The number of aromatic nitrogens is 2.